The second-order valence-electron chi connectivity index (χ2n) is 7.03. The number of amides is 1. The lowest BCUT2D eigenvalue weighted by Gasteiger charge is -2.25. The summed E-state index contributed by atoms with van der Waals surface area (Å²) in [6, 6.07) is 2.01. The summed E-state index contributed by atoms with van der Waals surface area (Å²) in [5, 5.41) is 10.8. The molecular formula is C18H25N5OS. The van der Waals surface area contributed by atoms with Crippen molar-refractivity contribution in [2.75, 3.05) is 19.6 Å². The van der Waals surface area contributed by atoms with Gasteiger partial charge in [-0.25, -0.2) is 0 Å². The van der Waals surface area contributed by atoms with Crippen molar-refractivity contribution < 1.29 is 4.79 Å². The number of thiophene rings is 1. The van der Waals surface area contributed by atoms with Gasteiger partial charge in [-0.05, 0) is 56.3 Å². The summed E-state index contributed by atoms with van der Waals surface area (Å²) < 4.78 is 2.24. The Labute approximate surface area is 152 Å². The van der Waals surface area contributed by atoms with Gasteiger partial charge in [0.1, 0.15) is 5.82 Å². The molecule has 0 spiro atoms. The Kier molecular flexibility index (Phi) is 4.85. The van der Waals surface area contributed by atoms with Crippen LogP contribution in [-0.2, 0) is 19.6 Å². The molecule has 1 amide bonds. The highest BCUT2D eigenvalue weighted by Gasteiger charge is 2.25. The largest absolute Gasteiger partial charge is 0.330 e. The third-order valence-electron chi connectivity index (χ3n) is 5.20. The van der Waals surface area contributed by atoms with Crippen LogP contribution in [0.25, 0.3) is 0 Å². The van der Waals surface area contributed by atoms with Gasteiger partial charge in [0.25, 0.3) is 5.91 Å². The normalized spacial score (nSPS) is 18.8. The highest BCUT2D eigenvalue weighted by Crippen LogP contribution is 2.22. The number of carbonyl (C=O) groups is 1. The standard InChI is InChI=1S/C18H25N5OS/c1-14-6-11-25-17(14)18(24)22-9-5-10-23-15(19-20-16(23)13-22)12-21-7-3-2-4-8-21/h6,11H,2-5,7-10,12-13H2,1H3. The van der Waals surface area contributed by atoms with Gasteiger partial charge in [-0.15, -0.1) is 21.5 Å². The molecule has 0 aromatic carbocycles. The number of hydrogen-bond acceptors (Lipinski definition) is 5. The van der Waals surface area contributed by atoms with E-state index in [-0.39, 0.29) is 5.91 Å². The molecule has 0 unspecified atom stereocenters. The molecule has 2 aromatic heterocycles. The van der Waals surface area contributed by atoms with E-state index in [9.17, 15) is 4.79 Å². The molecule has 0 saturated carbocycles. The molecule has 4 rings (SSSR count). The van der Waals surface area contributed by atoms with Gasteiger partial charge in [0, 0.05) is 13.1 Å². The van der Waals surface area contributed by atoms with Crippen LogP contribution in [0.4, 0.5) is 0 Å². The molecule has 0 atom stereocenters. The minimum atomic E-state index is 0.126. The first kappa shape index (κ1) is 16.7. The molecular weight excluding hydrogens is 334 g/mol. The van der Waals surface area contributed by atoms with Crippen molar-refractivity contribution >= 4 is 17.2 Å². The predicted molar refractivity (Wildman–Crippen MR) is 97.6 cm³/mol. The van der Waals surface area contributed by atoms with Crippen LogP contribution >= 0.6 is 11.3 Å². The maximum atomic E-state index is 12.8. The van der Waals surface area contributed by atoms with Crippen molar-refractivity contribution in [2.24, 2.45) is 0 Å². The number of carbonyl (C=O) groups excluding carboxylic acids is 1. The molecule has 2 aliphatic heterocycles. The molecule has 2 aromatic rings. The van der Waals surface area contributed by atoms with Gasteiger partial charge in [0.05, 0.1) is 18.0 Å². The lowest BCUT2D eigenvalue weighted by atomic mass is 10.1. The van der Waals surface area contributed by atoms with Gasteiger partial charge in [-0.1, -0.05) is 6.42 Å². The fraction of sp³-hybridized carbons (Fsp3) is 0.611. The fourth-order valence-electron chi connectivity index (χ4n) is 3.76. The van der Waals surface area contributed by atoms with Gasteiger partial charge in [0.2, 0.25) is 0 Å². The minimum absolute atomic E-state index is 0.126. The average Bonchev–Trinajstić information content (AvgIpc) is 3.14. The van der Waals surface area contributed by atoms with Gasteiger partial charge >= 0.3 is 0 Å². The third-order valence-corrected chi connectivity index (χ3v) is 6.21. The van der Waals surface area contributed by atoms with E-state index < -0.39 is 0 Å². The van der Waals surface area contributed by atoms with Crippen LogP contribution in [0.3, 0.4) is 0 Å². The van der Waals surface area contributed by atoms with E-state index in [2.05, 4.69) is 19.7 Å². The number of likely N-dealkylation sites (tertiary alicyclic amines) is 1. The number of piperidine rings is 1. The van der Waals surface area contributed by atoms with Crippen molar-refractivity contribution in [2.45, 2.75) is 52.2 Å². The summed E-state index contributed by atoms with van der Waals surface area (Å²) in [6.45, 7) is 7.44. The lowest BCUT2D eigenvalue weighted by molar-refractivity contribution is 0.0748. The maximum Gasteiger partial charge on any atom is 0.264 e. The molecule has 0 N–H and O–H groups in total. The summed E-state index contributed by atoms with van der Waals surface area (Å²) >= 11 is 1.53. The molecule has 6 nitrogen and oxygen atoms in total. The molecule has 25 heavy (non-hydrogen) atoms. The molecule has 7 heteroatoms. The van der Waals surface area contributed by atoms with Gasteiger partial charge in [-0.3, -0.25) is 9.69 Å². The van der Waals surface area contributed by atoms with Crippen LogP contribution in [0, 0.1) is 6.92 Å². The molecule has 4 heterocycles. The molecule has 0 radical (unpaired) electrons. The number of nitrogens with zero attached hydrogens (tertiary/aromatic N) is 5. The average molecular weight is 359 g/mol. The second-order valence-corrected chi connectivity index (χ2v) is 7.95. The highest BCUT2D eigenvalue weighted by molar-refractivity contribution is 7.12. The van der Waals surface area contributed by atoms with Crippen LogP contribution in [0.1, 0.15) is 52.6 Å². The van der Waals surface area contributed by atoms with Crippen molar-refractivity contribution in [1.82, 2.24) is 24.6 Å². The van der Waals surface area contributed by atoms with Crippen molar-refractivity contribution in [3.05, 3.63) is 33.5 Å². The molecule has 1 fully saturated rings. The second kappa shape index (κ2) is 7.25. The summed E-state index contributed by atoms with van der Waals surface area (Å²) in [7, 11) is 0. The van der Waals surface area contributed by atoms with Crippen LogP contribution < -0.4 is 0 Å². The summed E-state index contributed by atoms with van der Waals surface area (Å²) in [6.07, 6.45) is 4.86. The van der Waals surface area contributed by atoms with Crippen LogP contribution in [-0.4, -0.2) is 50.1 Å². The Morgan fingerprint density at radius 2 is 1.96 bits per heavy atom. The minimum Gasteiger partial charge on any atom is -0.330 e. The van der Waals surface area contributed by atoms with E-state index in [0.717, 1.165) is 61.2 Å². The number of rotatable bonds is 3. The zero-order valence-electron chi connectivity index (χ0n) is 14.8. The highest BCUT2D eigenvalue weighted by atomic mass is 32.1. The Morgan fingerprint density at radius 1 is 1.12 bits per heavy atom. The monoisotopic (exact) mass is 359 g/mol. The SMILES string of the molecule is Cc1ccsc1C(=O)N1CCCn2c(CN3CCCCC3)nnc2C1. The lowest BCUT2D eigenvalue weighted by Crippen LogP contribution is -2.31. The molecule has 0 aliphatic carbocycles. The molecule has 1 saturated heterocycles. The van der Waals surface area contributed by atoms with E-state index in [1.807, 2.05) is 23.3 Å². The van der Waals surface area contributed by atoms with Crippen molar-refractivity contribution in [3.8, 4) is 0 Å². The van der Waals surface area contributed by atoms with Gasteiger partial charge in [-0.2, -0.15) is 0 Å². The number of hydrogen-bond donors (Lipinski definition) is 0. The van der Waals surface area contributed by atoms with E-state index >= 15 is 0 Å². The van der Waals surface area contributed by atoms with E-state index in [4.69, 9.17) is 0 Å². The number of aryl methyl sites for hydroxylation is 1. The first-order chi connectivity index (χ1) is 12.2. The summed E-state index contributed by atoms with van der Waals surface area (Å²) in [5.74, 6) is 2.10. The maximum absolute atomic E-state index is 12.8. The predicted octanol–water partition coefficient (Wildman–Crippen LogP) is 2.68. The fourth-order valence-corrected chi connectivity index (χ4v) is 4.65. The number of fused-ring (bicyclic) bond motifs is 1. The zero-order chi connectivity index (χ0) is 17.2. The topological polar surface area (TPSA) is 54.3 Å². The molecule has 0 bridgehead atoms. The Hall–Kier alpha value is -1.73. The Bertz CT molecular complexity index is 746. The number of aromatic nitrogens is 3. The first-order valence-electron chi connectivity index (χ1n) is 9.19. The third kappa shape index (κ3) is 3.48. The first-order valence-corrected chi connectivity index (χ1v) is 10.1. The van der Waals surface area contributed by atoms with E-state index in [1.165, 1.54) is 30.6 Å². The summed E-state index contributed by atoms with van der Waals surface area (Å²) in [5.41, 5.74) is 1.06. The summed E-state index contributed by atoms with van der Waals surface area (Å²) in [4.78, 5) is 18.1. The van der Waals surface area contributed by atoms with Crippen LogP contribution in [0.5, 0.6) is 0 Å². The smallest absolute Gasteiger partial charge is 0.264 e. The Balaban J connectivity index is 1.50. The van der Waals surface area contributed by atoms with Crippen LogP contribution in [0.15, 0.2) is 11.4 Å². The van der Waals surface area contributed by atoms with E-state index in [0.29, 0.717) is 6.54 Å². The molecule has 134 valence electrons. The van der Waals surface area contributed by atoms with Gasteiger partial charge in [0.15, 0.2) is 5.82 Å². The van der Waals surface area contributed by atoms with E-state index in [1.54, 1.807) is 0 Å². The zero-order valence-corrected chi connectivity index (χ0v) is 15.6. The van der Waals surface area contributed by atoms with Crippen molar-refractivity contribution in [3.63, 3.8) is 0 Å². The Morgan fingerprint density at radius 3 is 2.72 bits per heavy atom. The van der Waals surface area contributed by atoms with Crippen LogP contribution in [0.2, 0.25) is 0 Å². The van der Waals surface area contributed by atoms with Gasteiger partial charge < -0.3 is 9.47 Å². The molecule has 2 aliphatic rings. The quantitative estimate of drug-likeness (QED) is 0.845. The van der Waals surface area contributed by atoms with Crippen molar-refractivity contribution in [1.29, 1.82) is 0 Å².